The molecule has 10 aromatic carbocycles. The Hall–Kier alpha value is -8.34. The SMILES string of the molecule is c1ccc(-c2cc(-c3ccc4c(c3)oc3ccccc34)nc(-c3cc(-c4ccccc4)c(-n4c5cc6ccccc6cc5c5c6ccccc6ccc54)c4ccccc34)n2)cc1. The number of benzene rings is 10. The highest BCUT2D eigenvalue weighted by Crippen LogP contribution is 2.46. The van der Waals surface area contributed by atoms with Crippen molar-refractivity contribution in [3.8, 4) is 50.7 Å². The lowest BCUT2D eigenvalue weighted by molar-refractivity contribution is 0.669. The molecule has 0 aliphatic carbocycles. The highest BCUT2D eigenvalue weighted by Gasteiger charge is 2.24. The summed E-state index contributed by atoms with van der Waals surface area (Å²) in [6, 6.07) is 75.7. The second kappa shape index (κ2) is 13.6. The predicted molar refractivity (Wildman–Crippen MR) is 258 cm³/mol. The largest absolute Gasteiger partial charge is 0.456 e. The number of para-hydroxylation sites is 1. The second-order valence-electron chi connectivity index (χ2n) is 16.1. The fraction of sp³-hybridized carbons (Fsp3) is 0. The molecule has 0 atom stereocenters. The van der Waals surface area contributed by atoms with E-state index in [1.807, 2.05) is 18.2 Å². The van der Waals surface area contributed by atoms with Crippen LogP contribution >= 0.6 is 0 Å². The van der Waals surface area contributed by atoms with Gasteiger partial charge in [-0.15, -0.1) is 0 Å². The average Bonchev–Trinajstić information content (AvgIpc) is 3.88. The zero-order valence-corrected chi connectivity index (χ0v) is 33.5. The van der Waals surface area contributed by atoms with Crippen LogP contribution in [0.15, 0.2) is 217 Å². The van der Waals surface area contributed by atoms with E-state index in [4.69, 9.17) is 14.4 Å². The highest BCUT2D eigenvalue weighted by atomic mass is 16.3. The standard InChI is InChI=1S/C58H35N3O/c1-3-15-36(16-4-1)47-34-48(58-59-50(38-18-5-2-6-19-38)35-51(60-58)41-27-29-45-44-24-13-14-26-54(44)62-55(45)33-41)43-23-11-12-25-46(43)57(47)61-52-30-28-37-17-9-10-22-42(37)56(52)49-31-39-20-7-8-21-40(39)32-53(49)61/h1-35H. The molecule has 3 heterocycles. The minimum absolute atomic E-state index is 0.658. The smallest absolute Gasteiger partial charge is 0.161 e. The summed E-state index contributed by atoms with van der Waals surface area (Å²) in [6.07, 6.45) is 0. The summed E-state index contributed by atoms with van der Waals surface area (Å²) in [5.74, 6) is 0.658. The lowest BCUT2D eigenvalue weighted by Gasteiger charge is -2.20. The van der Waals surface area contributed by atoms with Crippen molar-refractivity contribution < 1.29 is 4.42 Å². The molecule has 0 fully saturated rings. The molecule has 0 N–H and O–H groups in total. The van der Waals surface area contributed by atoms with Gasteiger partial charge in [0.1, 0.15) is 11.2 Å². The lowest BCUT2D eigenvalue weighted by atomic mass is 9.93. The summed E-state index contributed by atoms with van der Waals surface area (Å²) in [6.45, 7) is 0. The molecule has 0 amide bonds. The Morgan fingerprint density at radius 3 is 1.74 bits per heavy atom. The van der Waals surface area contributed by atoms with Crippen LogP contribution in [0.5, 0.6) is 0 Å². The number of hydrogen-bond donors (Lipinski definition) is 0. The molecule has 0 unspecified atom stereocenters. The average molecular weight is 790 g/mol. The normalized spacial score (nSPS) is 11.9. The van der Waals surface area contributed by atoms with Crippen molar-refractivity contribution in [2.75, 3.05) is 0 Å². The van der Waals surface area contributed by atoms with Crippen LogP contribution in [0.2, 0.25) is 0 Å². The van der Waals surface area contributed by atoms with E-state index in [1.165, 1.54) is 32.3 Å². The maximum atomic E-state index is 6.38. The van der Waals surface area contributed by atoms with Gasteiger partial charge in [-0.1, -0.05) is 164 Å². The first-order chi connectivity index (χ1) is 30.7. The molecule has 13 rings (SSSR count). The Morgan fingerprint density at radius 2 is 0.952 bits per heavy atom. The molecule has 62 heavy (non-hydrogen) atoms. The predicted octanol–water partition coefficient (Wildman–Crippen LogP) is 15.6. The number of hydrogen-bond acceptors (Lipinski definition) is 3. The Labute approximate surface area is 356 Å². The maximum absolute atomic E-state index is 6.38. The zero-order valence-electron chi connectivity index (χ0n) is 33.5. The van der Waals surface area contributed by atoms with E-state index in [2.05, 4.69) is 199 Å². The van der Waals surface area contributed by atoms with Crippen molar-refractivity contribution in [2.45, 2.75) is 0 Å². The molecule has 288 valence electrons. The number of furan rings is 1. The zero-order chi connectivity index (χ0) is 40.7. The van der Waals surface area contributed by atoms with Gasteiger partial charge in [0.15, 0.2) is 5.82 Å². The topological polar surface area (TPSA) is 43.9 Å². The van der Waals surface area contributed by atoms with E-state index >= 15 is 0 Å². The van der Waals surface area contributed by atoms with Crippen molar-refractivity contribution in [1.29, 1.82) is 0 Å². The summed E-state index contributed by atoms with van der Waals surface area (Å²) in [7, 11) is 0. The van der Waals surface area contributed by atoms with Crippen LogP contribution in [-0.4, -0.2) is 14.5 Å². The van der Waals surface area contributed by atoms with E-state index in [0.717, 1.165) is 88.6 Å². The van der Waals surface area contributed by atoms with E-state index in [9.17, 15) is 0 Å². The Morgan fingerprint density at radius 1 is 0.339 bits per heavy atom. The molecule has 4 heteroatoms. The van der Waals surface area contributed by atoms with Crippen molar-refractivity contribution in [2.24, 2.45) is 0 Å². The quantitative estimate of drug-likeness (QED) is 0.174. The Kier molecular flexibility index (Phi) is 7.57. The van der Waals surface area contributed by atoms with Crippen LogP contribution in [-0.2, 0) is 0 Å². The van der Waals surface area contributed by atoms with Crippen molar-refractivity contribution in [1.82, 2.24) is 14.5 Å². The summed E-state index contributed by atoms with van der Waals surface area (Å²) in [4.78, 5) is 10.8. The molecule has 0 aliphatic heterocycles. The van der Waals surface area contributed by atoms with E-state index < -0.39 is 0 Å². The number of nitrogens with zero attached hydrogens (tertiary/aromatic N) is 3. The van der Waals surface area contributed by atoms with Gasteiger partial charge in [0.05, 0.1) is 28.1 Å². The fourth-order valence-corrected chi connectivity index (χ4v) is 9.69. The molecule has 13 aromatic rings. The van der Waals surface area contributed by atoms with E-state index in [1.54, 1.807) is 0 Å². The Bertz CT molecular complexity index is 3920. The van der Waals surface area contributed by atoms with Crippen LogP contribution in [0.3, 0.4) is 0 Å². The molecule has 0 saturated carbocycles. The molecule has 0 saturated heterocycles. The van der Waals surface area contributed by atoms with Gasteiger partial charge < -0.3 is 8.98 Å². The summed E-state index contributed by atoms with van der Waals surface area (Å²) in [5.41, 5.74) is 12.0. The number of rotatable bonds is 5. The first kappa shape index (κ1) is 34.5. The molecule has 3 aromatic heterocycles. The van der Waals surface area contributed by atoms with Gasteiger partial charge >= 0.3 is 0 Å². The van der Waals surface area contributed by atoms with Crippen LogP contribution in [0.4, 0.5) is 0 Å². The highest BCUT2D eigenvalue weighted by molar-refractivity contribution is 6.24. The molecular weight excluding hydrogens is 755 g/mol. The second-order valence-corrected chi connectivity index (χ2v) is 16.1. The van der Waals surface area contributed by atoms with Crippen molar-refractivity contribution in [3.05, 3.63) is 212 Å². The number of aromatic nitrogens is 3. The fourth-order valence-electron chi connectivity index (χ4n) is 9.69. The van der Waals surface area contributed by atoms with E-state index in [-0.39, 0.29) is 0 Å². The van der Waals surface area contributed by atoms with Crippen molar-refractivity contribution >= 4 is 76.1 Å². The summed E-state index contributed by atoms with van der Waals surface area (Å²) in [5, 5.41) is 11.7. The Balaban J connectivity index is 1.13. The van der Waals surface area contributed by atoms with Crippen LogP contribution in [0, 0.1) is 0 Å². The first-order valence-corrected chi connectivity index (χ1v) is 21.1. The molecule has 0 bridgehead atoms. The minimum Gasteiger partial charge on any atom is -0.456 e. The van der Waals surface area contributed by atoms with Gasteiger partial charge in [0.25, 0.3) is 0 Å². The molecule has 0 radical (unpaired) electrons. The maximum Gasteiger partial charge on any atom is 0.161 e. The summed E-state index contributed by atoms with van der Waals surface area (Å²) < 4.78 is 8.89. The lowest BCUT2D eigenvalue weighted by Crippen LogP contribution is -2.02. The molecule has 0 spiro atoms. The first-order valence-electron chi connectivity index (χ1n) is 21.1. The van der Waals surface area contributed by atoms with Crippen LogP contribution < -0.4 is 0 Å². The summed E-state index contributed by atoms with van der Waals surface area (Å²) >= 11 is 0. The van der Waals surface area contributed by atoms with E-state index in [0.29, 0.717) is 5.82 Å². The van der Waals surface area contributed by atoms with Crippen LogP contribution in [0.25, 0.3) is 127 Å². The number of fused-ring (bicyclic) bond motifs is 10. The third-order valence-corrected chi connectivity index (χ3v) is 12.6. The monoisotopic (exact) mass is 789 g/mol. The van der Waals surface area contributed by atoms with Gasteiger partial charge in [-0.3, -0.25) is 0 Å². The van der Waals surface area contributed by atoms with Crippen LogP contribution in [0.1, 0.15) is 0 Å². The van der Waals surface area contributed by atoms with Gasteiger partial charge in [-0.25, -0.2) is 9.97 Å². The molecular formula is C58H35N3O. The minimum atomic E-state index is 0.658. The molecule has 0 aliphatic rings. The third-order valence-electron chi connectivity index (χ3n) is 12.6. The third kappa shape index (κ3) is 5.33. The van der Waals surface area contributed by atoms with Crippen molar-refractivity contribution in [3.63, 3.8) is 0 Å². The van der Waals surface area contributed by atoms with Gasteiger partial charge in [0, 0.05) is 49.2 Å². The van der Waals surface area contributed by atoms with Gasteiger partial charge in [-0.05, 0) is 81.0 Å². The molecule has 4 nitrogen and oxygen atoms in total. The van der Waals surface area contributed by atoms with Gasteiger partial charge in [-0.2, -0.15) is 0 Å². The van der Waals surface area contributed by atoms with Gasteiger partial charge in [0.2, 0.25) is 0 Å².